The molecule has 0 unspecified atom stereocenters. The van der Waals surface area contributed by atoms with Crippen molar-refractivity contribution in [1.29, 1.82) is 0 Å². The Morgan fingerprint density at radius 2 is 1.74 bits per heavy atom. The fraction of sp³-hybridized carbons (Fsp3) is 0.450. The first-order chi connectivity index (χ1) is 11.3. The van der Waals surface area contributed by atoms with E-state index in [4.69, 9.17) is 4.42 Å². The van der Waals surface area contributed by atoms with E-state index in [0.717, 1.165) is 24.2 Å². The van der Waals surface area contributed by atoms with Gasteiger partial charge in [0.2, 0.25) is 5.91 Å². The number of furan rings is 1. The standard InChI is InChI=1S/C20H27NO2/c1-2-3-4-5-9-14-20(22)21(17-19-13-10-15-23-19)16-18-11-7-6-8-12-18/h6-8,10-13,15H,2-5,9,14,16-17H2,1H3. The molecule has 2 rings (SSSR count). The van der Waals surface area contributed by atoms with Crippen molar-refractivity contribution in [3.63, 3.8) is 0 Å². The third-order valence-corrected chi connectivity index (χ3v) is 3.99. The summed E-state index contributed by atoms with van der Waals surface area (Å²) in [6.45, 7) is 3.38. The molecule has 23 heavy (non-hydrogen) atoms. The highest BCUT2D eigenvalue weighted by molar-refractivity contribution is 5.76. The number of hydrogen-bond donors (Lipinski definition) is 0. The number of nitrogens with zero attached hydrogens (tertiary/aromatic N) is 1. The Morgan fingerprint density at radius 3 is 2.43 bits per heavy atom. The lowest BCUT2D eigenvalue weighted by molar-refractivity contribution is -0.132. The number of benzene rings is 1. The molecule has 0 atom stereocenters. The summed E-state index contributed by atoms with van der Waals surface area (Å²) in [7, 11) is 0. The molecule has 3 heteroatoms. The molecule has 1 amide bonds. The van der Waals surface area contributed by atoms with Gasteiger partial charge in [-0.1, -0.05) is 62.9 Å². The maximum atomic E-state index is 12.6. The van der Waals surface area contributed by atoms with Gasteiger partial charge in [0.25, 0.3) is 0 Å². The van der Waals surface area contributed by atoms with Crippen molar-refractivity contribution < 1.29 is 9.21 Å². The van der Waals surface area contributed by atoms with Crippen LogP contribution in [0.1, 0.15) is 56.8 Å². The van der Waals surface area contributed by atoms with Crippen LogP contribution >= 0.6 is 0 Å². The molecular formula is C20H27NO2. The van der Waals surface area contributed by atoms with Gasteiger partial charge in [0.15, 0.2) is 0 Å². The van der Waals surface area contributed by atoms with Gasteiger partial charge in [-0.2, -0.15) is 0 Å². The quantitative estimate of drug-likeness (QED) is 0.567. The third kappa shape index (κ3) is 6.31. The Balaban J connectivity index is 1.91. The molecule has 0 aliphatic carbocycles. The second-order valence-electron chi connectivity index (χ2n) is 5.98. The van der Waals surface area contributed by atoms with Crippen LogP contribution in [0, 0.1) is 0 Å². The summed E-state index contributed by atoms with van der Waals surface area (Å²) in [6.07, 6.45) is 8.10. The maximum absolute atomic E-state index is 12.6. The average molecular weight is 313 g/mol. The summed E-state index contributed by atoms with van der Waals surface area (Å²) in [5, 5.41) is 0. The molecule has 0 saturated carbocycles. The number of hydrogen-bond acceptors (Lipinski definition) is 2. The molecule has 0 spiro atoms. The molecule has 124 valence electrons. The van der Waals surface area contributed by atoms with Gasteiger partial charge >= 0.3 is 0 Å². The van der Waals surface area contributed by atoms with Crippen LogP contribution in [0.5, 0.6) is 0 Å². The molecule has 0 radical (unpaired) electrons. The second-order valence-corrected chi connectivity index (χ2v) is 5.98. The molecule has 0 N–H and O–H groups in total. The van der Waals surface area contributed by atoms with Crippen molar-refractivity contribution in [1.82, 2.24) is 4.90 Å². The highest BCUT2D eigenvalue weighted by Gasteiger charge is 2.15. The van der Waals surface area contributed by atoms with Gasteiger partial charge in [-0.05, 0) is 24.1 Å². The van der Waals surface area contributed by atoms with Crippen LogP contribution in [-0.2, 0) is 17.9 Å². The molecule has 2 aromatic rings. The van der Waals surface area contributed by atoms with Crippen LogP contribution in [-0.4, -0.2) is 10.8 Å². The fourth-order valence-electron chi connectivity index (χ4n) is 2.66. The van der Waals surface area contributed by atoms with Gasteiger partial charge in [-0.25, -0.2) is 0 Å². The first-order valence-electron chi connectivity index (χ1n) is 8.63. The normalized spacial score (nSPS) is 10.7. The maximum Gasteiger partial charge on any atom is 0.223 e. The van der Waals surface area contributed by atoms with E-state index in [0.29, 0.717) is 19.5 Å². The second kappa shape index (κ2) is 9.88. The number of carbonyl (C=O) groups excluding carboxylic acids is 1. The molecule has 0 aliphatic heterocycles. The lowest BCUT2D eigenvalue weighted by Gasteiger charge is -2.22. The summed E-state index contributed by atoms with van der Waals surface area (Å²) in [5.41, 5.74) is 1.15. The molecule has 0 saturated heterocycles. The lowest BCUT2D eigenvalue weighted by atomic mass is 10.1. The third-order valence-electron chi connectivity index (χ3n) is 3.99. The van der Waals surface area contributed by atoms with E-state index >= 15 is 0 Å². The Kier molecular flexibility index (Phi) is 7.44. The number of amides is 1. The smallest absolute Gasteiger partial charge is 0.223 e. The van der Waals surface area contributed by atoms with Gasteiger partial charge in [-0.3, -0.25) is 4.79 Å². The molecule has 0 fully saturated rings. The summed E-state index contributed by atoms with van der Waals surface area (Å²) in [6, 6.07) is 13.9. The number of carbonyl (C=O) groups is 1. The minimum Gasteiger partial charge on any atom is -0.467 e. The molecule has 1 heterocycles. The van der Waals surface area contributed by atoms with Gasteiger partial charge in [0, 0.05) is 13.0 Å². The molecule has 1 aromatic heterocycles. The minimum absolute atomic E-state index is 0.210. The van der Waals surface area contributed by atoms with Crippen LogP contribution in [0.2, 0.25) is 0 Å². The lowest BCUT2D eigenvalue weighted by Crippen LogP contribution is -2.29. The summed E-state index contributed by atoms with van der Waals surface area (Å²) >= 11 is 0. The van der Waals surface area contributed by atoms with Crippen LogP contribution in [0.3, 0.4) is 0 Å². The Labute approximate surface area is 139 Å². The van der Waals surface area contributed by atoms with Crippen molar-refractivity contribution in [3.8, 4) is 0 Å². The number of rotatable bonds is 10. The van der Waals surface area contributed by atoms with E-state index in [1.807, 2.05) is 35.2 Å². The highest BCUT2D eigenvalue weighted by Crippen LogP contribution is 2.14. The fourth-order valence-corrected chi connectivity index (χ4v) is 2.66. The van der Waals surface area contributed by atoms with Crippen LogP contribution in [0.25, 0.3) is 0 Å². The molecular weight excluding hydrogens is 286 g/mol. The van der Waals surface area contributed by atoms with E-state index in [2.05, 4.69) is 19.1 Å². The van der Waals surface area contributed by atoms with Gasteiger partial charge in [0.1, 0.15) is 5.76 Å². The molecule has 0 aliphatic rings. The zero-order valence-electron chi connectivity index (χ0n) is 14.0. The molecule has 3 nitrogen and oxygen atoms in total. The van der Waals surface area contributed by atoms with E-state index in [1.165, 1.54) is 19.3 Å². The first kappa shape index (κ1) is 17.3. The van der Waals surface area contributed by atoms with Crippen LogP contribution in [0.15, 0.2) is 53.1 Å². The van der Waals surface area contributed by atoms with Crippen molar-refractivity contribution >= 4 is 5.91 Å². The van der Waals surface area contributed by atoms with Gasteiger partial charge in [0.05, 0.1) is 12.8 Å². The Morgan fingerprint density at radius 1 is 0.957 bits per heavy atom. The number of unbranched alkanes of at least 4 members (excludes halogenated alkanes) is 4. The minimum atomic E-state index is 0.210. The zero-order valence-corrected chi connectivity index (χ0v) is 14.0. The summed E-state index contributed by atoms with van der Waals surface area (Å²) < 4.78 is 5.42. The van der Waals surface area contributed by atoms with E-state index in [-0.39, 0.29) is 5.91 Å². The zero-order chi connectivity index (χ0) is 16.3. The van der Waals surface area contributed by atoms with Crippen LogP contribution < -0.4 is 0 Å². The van der Waals surface area contributed by atoms with Crippen molar-refractivity contribution in [2.45, 2.75) is 58.5 Å². The van der Waals surface area contributed by atoms with Crippen molar-refractivity contribution in [3.05, 3.63) is 60.1 Å². The van der Waals surface area contributed by atoms with E-state index in [9.17, 15) is 4.79 Å². The SMILES string of the molecule is CCCCCCCC(=O)N(Cc1ccccc1)Cc1ccco1. The highest BCUT2D eigenvalue weighted by atomic mass is 16.3. The first-order valence-corrected chi connectivity index (χ1v) is 8.63. The van der Waals surface area contributed by atoms with Crippen molar-refractivity contribution in [2.75, 3.05) is 0 Å². The van der Waals surface area contributed by atoms with Gasteiger partial charge < -0.3 is 9.32 Å². The predicted molar refractivity (Wildman–Crippen MR) is 92.8 cm³/mol. The van der Waals surface area contributed by atoms with E-state index < -0.39 is 0 Å². The molecule has 1 aromatic carbocycles. The topological polar surface area (TPSA) is 33.5 Å². The van der Waals surface area contributed by atoms with Crippen molar-refractivity contribution in [2.24, 2.45) is 0 Å². The largest absolute Gasteiger partial charge is 0.467 e. The summed E-state index contributed by atoms with van der Waals surface area (Å²) in [4.78, 5) is 14.5. The predicted octanol–water partition coefficient (Wildman–Crippen LogP) is 5.17. The Hall–Kier alpha value is -2.03. The van der Waals surface area contributed by atoms with Gasteiger partial charge in [-0.15, -0.1) is 0 Å². The van der Waals surface area contributed by atoms with E-state index in [1.54, 1.807) is 6.26 Å². The van der Waals surface area contributed by atoms with Crippen LogP contribution in [0.4, 0.5) is 0 Å². The Bertz CT molecular complexity index is 548. The monoisotopic (exact) mass is 313 g/mol. The average Bonchev–Trinajstić information content (AvgIpc) is 3.08. The molecule has 0 bridgehead atoms. The summed E-state index contributed by atoms with van der Waals surface area (Å²) in [5.74, 6) is 1.04.